The summed E-state index contributed by atoms with van der Waals surface area (Å²) in [6.45, 7) is 5.67. The number of hydrogen-bond acceptors (Lipinski definition) is 7. The van der Waals surface area contributed by atoms with Crippen molar-refractivity contribution in [2.75, 3.05) is 13.1 Å². The summed E-state index contributed by atoms with van der Waals surface area (Å²) in [7, 11) is 0. The van der Waals surface area contributed by atoms with Crippen molar-refractivity contribution < 1.29 is 9.32 Å². The molecule has 2 aromatic heterocycles. The second-order valence-electron chi connectivity index (χ2n) is 7.97. The summed E-state index contributed by atoms with van der Waals surface area (Å²) >= 11 is 0. The minimum atomic E-state index is -0.374. The third kappa shape index (κ3) is 3.94. The van der Waals surface area contributed by atoms with Crippen molar-refractivity contribution in [1.82, 2.24) is 35.8 Å². The zero-order valence-corrected chi connectivity index (χ0v) is 16.6. The van der Waals surface area contributed by atoms with E-state index >= 15 is 0 Å². The summed E-state index contributed by atoms with van der Waals surface area (Å²) in [5.74, 6) is 1.32. The molecule has 9 heteroatoms. The van der Waals surface area contributed by atoms with Crippen molar-refractivity contribution in [2.45, 2.75) is 76.8 Å². The zero-order chi connectivity index (χ0) is 19.5. The quantitative estimate of drug-likeness (QED) is 0.810. The number of nitrogens with zero attached hydrogens (tertiary/aromatic N) is 5. The van der Waals surface area contributed by atoms with E-state index in [-0.39, 0.29) is 11.9 Å². The molecule has 1 saturated heterocycles. The normalized spacial score (nSPS) is 20.2. The van der Waals surface area contributed by atoms with E-state index in [2.05, 4.69) is 31.1 Å². The van der Waals surface area contributed by atoms with Crippen LogP contribution in [-0.2, 0) is 0 Å². The molecule has 0 spiro atoms. The summed E-state index contributed by atoms with van der Waals surface area (Å²) in [5, 5.41) is 18.8. The molecule has 3 heterocycles. The Morgan fingerprint density at radius 2 is 1.96 bits per heavy atom. The molecular formula is C19H29N7O2. The molecule has 1 atom stereocenters. The number of piperidine rings is 1. The van der Waals surface area contributed by atoms with E-state index in [9.17, 15) is 4.79 Å². The van der Waals surface area contributed by atoms with E-state index in [0.29, 0.717) is 23.5 Å². The topological polar surface area (TPSA) is 111 Å². The molecule has 0 aromatic carbocycles. The minimum absolute atomic E-state index is 0.261. The van der Waals surface area contributed by atoms with Crippen LogP contribution in [0.1, 0.15) is 97.8 Å². The Morgan fingerprint density at radius 1 is 1.21 bits per heavy atom. The van der Waals surface area contributed by atoms with Gasteiger partial charge in [-0.05, 0) is 52.6 Å². The standard InChI is InChI=1S/C19H29N7O2/c1-12(19-22-17(24-28-19)14-6-4-3-5-7-14)21-18(27)16-13(2)26(25-23-16)15-8-10-20-11-9-15/h12,14-15,20H,3-11H2,1-2H3,(H,21,27). The van der Waals surface area contributed by atoms with E-state index in [1.54, 1.807) is 0 Å². The number of hydrogen-bond donors (Lipinski definition) is 2. The fraction of sp³-hybridized carbons (Fsp3) is 0.737. The first kappa shape index (κ1) is 19.0. The van der Waals surface area contributed by atoms with Crippen LogP contribution < -0.4 is 10.6 Å². The summed E-state index contributed by atoms with van der Waals surface area (Å²) in [5.41, 5.74) is 1.16. The molecule has 9 nitrogen and oxygen atoms in total. The van der Waals surface area contributed by atoms with Crippen LogP contribution in [0.4, 0.5) is 0 Å². The molecule has 0 bridgehead atoms. The Kier molecular flexibility index (Phi) is 5.70. The summed E-state index contributed by atoms with van der Waals surface area (Å²) < 4.78 is 7.31. The van der Waals surface area contributed by atoms with Crippen molar-refractivity contribution in [3.05, 3.63) is 23.1 Å². The Bertz CT molecular complexity index is 803. The van der Waals surface area contributed by atoms with Crippen LogP contribution in [0.15, 0.2) is 4.52 Å². The molecule has 0 radical (unpaired) electrons. The monoisotopic (exact) mass is 387 g/mol. The molecule has 2 fully saturated rings. The van der Waals surface area contributed by atoms with E-state index in [0.717, 1.165) is 50.3 Å². The lowest BCUT2D eigenvalue weighted by Gasteiger charge is -2.23. The van der Waals surface area contributed by atoms with Gasteiger partial charge in [-0.2, -0.15) is 4.98 Å². The minimum Gasteiger partial charge on any atom is -0.339 e. The molecule has 2 aliphatic rings. The van der Waals surface area contributed by atoms with Gasteiger partial charge in [-0.25, -0.2) is 4.68 Å². The number of aromatic nitrogens is 5. The predicted molar refractivity (Wildman–Crippen MR) is 102 cm³/mol. The summed E-state index contributed by atoms with van der Waals surface area (Å²) in [6, 6.07) is -0.0810. The van der Waals surface area contributed by atoms with Crippen LogP contribution in [0.25, 0.3) is 0 Å². The van der Waals surface area contributed by atoms with Crippen molar-refractivity contribution in [1.29, 1.82) is 0 Å². The Hall–Kier alpha value is -2.29. The van der Waals surface area contributed by atoms with Crippen LogP contribution >= 0.6 is 0 Å². The Morgan fingerprint density at radius 3 is 2.71 bits per heavy atom. The highest BCUT2D eigenvalue weighted by Crippen LogP contribution is 2.31. The van der Waals surface area contributed by atoms with Crippen molar-refractivity contribution in [3.8, 4) is 0 Å². The lowest BCUT2D eigenvalue weighted by molar-refractivity contribution is 0.0926. The van der Waals surface area contributed by atoms with Gasteiger partial charge in [-0.3, -0.25) is 4.79 Å². The number of carbonyl (C=O) groups excluding carboxylic acids is 1. The zero-order valence-electron chi connectivity index (χ0n) is 16.6. The van der Waals surface area contributed by atoms with Gasteiger partial charge in [0.25, 0.3) is 5.91 Å². The number of nitrogens with one attached hydrogen (secondary N) is 2. The van der Waals surface area contributed by atoms with Gasteiger partial charge in [-0.15, -0.1) is 5.10 Å². The first-order valence-electron chi connectivity index (χ1n) is 10.4. The summed E-state index contributed by atoms with van der Waals surface area (Å²) in [4.78, 5) is 17.3. The molecule has 152 valence electrons. The maximum atomic E-state index is 12.7. The SMILES string of the molecule is Cc1c(C(=O)NC(C)c2nc(C3CCCCC3)no2)nnn1C1CCNCC1. The lowest BCUT2D eigenvalue weighted by Crippen LogP contribution is -2.31. The van der Waals surface area contributed by atoms with Crippen LogP contribution in [0.2, 0.25) is 0 Å². The lowest BCUT2D eigenvalue weighted by atomic mass is 9.89. The Balaban J connectivity index is 1.40. The second-order valence-corrected chi connectivity index (χ2v) is 7.97. The average Bonchev–Trinajstić information content (AvgIpc) is 3.36. The van der Waals surface area contributed by atoms with E-state index in [1.807, 2.05) is 18.5 Å². The van der Waals surface area contributed by atoms with Crippen molar-refractivity contribution >= 4 is 5.91 Å². The number of carbonyl (C=O) groups is 1. The van der Waals surface area contributed by atoms with Crippen LogP contribution in [0, 0.1) is 6.92 Å². The van der Waals surface area contributed by atoms with Crippen LogP contribution in [0.5, 0.6) is 0 Å². The highest BCUT2D eigenvalue weighted by molar-refractivity contribution is 5.93. The number of rotatable bonds is 5. The fourth-order valence-electron chi connectivity index (χ4n) is 4.23. The second kappa shape index (κ2) is 8.38. The molecule has 4 rings (SSSR count). The van der Waals surface area contributed by atoms with Gasteiger partial charge >= 0.3 is 0 Å². The largest absolute Gasteiger partial charge is 0.339 e. The molecule has 1 saturated carbocycles. The van der Waals surface area contributed by atoms with E-state index < -0.39 is 0 Å². The molecule has 1 aliphatic carbocycles. The van der Waals surface area contributed by atoms with E-state index in [4.69, 9.17) is 4.52 Å². The molecule has 2 N–H and O–H groups in total. The van der Waals surface area contributed by atoms with E-state index in [1.165, 1.54) is 19.3 Å². The van der Waals surface area contributed by atoms with Crippen LogP contribution in [-0.4, -0.2) is 44.1 Å². The third-order valence-corrected chi connectivity index (χ3v) is 5.94. The third-order valence-electron chi connectivity index (χ3n) is 5.94. The first-order valence-corrected chi connectivity index (χ1v) is 10.4. The number of amides is 1. The molecule has 1 unspecified atom stereocenters. The van der Waals surface area contributed by atoms with Gasteiger partial charge in [0.2, 0.25) is 5.89 Å². The molecule has 2 aromatic rings. The smallest absolute Gasteiger partial charge is 0.274 e. The van der Waals surface area contributed by atoms with Gasteiger partial charge in [0, 0.05) is 5.92 Å². The Labute approximate surface area is 164 Å². The average molecular weight is 387 g/mol. The summed E-state index contributed by atoms with van der Waals surface area (Å²) in [6.07, 6.45) is 7.92. The van der Waals surface area contributed by atoms with Crippen molar-refractivity contribution in [2.24, 2.45) is 0 Å². The first-order chi connectivity index (χ1) is 13.6. The van der Waals surface area contributed by atoms with Gasteiger partial charge in [-0.1, -0.05) is 29.6 Å². The molecule has 28 heavy (non-hydrogen) atoms. The predicted octanol–water partition coefficient (Wildman–Crippen LogP) is 2.43. The maximum absolute atomic E-state index is 12.7. The van der Waals surface area contributed by atoms with Crippen LogP contribution in [0.3, 0.4) is 0 Å². The highest BCUT2D eigenvalue weighted by Gasteiger charge is 2.26. The fourth-order valence-corrected chi connectivity index (χ4v) is 4.23. The van der Waals surface area contributed by atoms with Crippen molar-refractivity contribution in [3.63, 3.8) is 0 Å². The maximum Gasteiger partial charge on any atom is 0.274 e. The van der Waals surface area contributed by atoms with Gasteiger partial charge in [0.1, 0.15) is 6.04 Å². The van der Waals surface area contributed by atoms with Gasteiger partial charge < -0.3 is 15.2 Å². The highest BCUT2D eigenvalue weighted by atomic mass is 16.5. The molecular weight excluding hydrogens is 358 g/mol. The molecule has 1 aliphatic heterocycles. The van der Waals surface area contributed by atoms with Gasteiger partial charge in [0.15, 0.2) is 11.5 Å². The molecule has 1 amide bonds. The van der Waals surface area contributed by atoms with Gasteiger partial charge in [0.05, 0.1) is 11.7 Å².